The van der Waals surface area contributed by atoms with Crippen molar-refractivity contribution in [2.75, 3.05) is 83.1 Å². The van der Waals surface area contributed by atoms with Crippen LogP contribution in [0.4, 0.5) is 25.4 Å². The van der Waals surface area contributed by atoms with Crippen LogP contribution < -0.4 is 51.0 Å². The van der Waals surface area contributed by atoms with E-state index < -0.39 is 17.1 Å². The van der Waals surface area contributed by atoms with Gasteiger partial charge in [0.05, 0.1) is 23.8 Å². The predicted octanol–water partition coefficient (Wildman–Crippen LogP) is 4.56. The fourth-order valence-electron chi connectivity index (χ4n) is 7.37. The topological polar surface area (TPSA) is 195 Å². The summed E-state index contributed by atoms with van der Waals surface area (Å²) in [6.45, 7) is 7.78. The first-order chi connectivity index (χ1) is 31.2. The van der Waals surface area contributed by atoms with Gasteiger partial charge in [-0.15, -0.1) is 23.5 Å². The van der Waals surface area contributed by atoms with E-state index >= 15 is 0 Å². The van der Waals surface area contributed by atoms with E-state index in [0.29, 0.717) is 47.2 Å². The van der Waals surface area contributed by atoms with E-state index in [2.05, 4.69) is 43.8 Å². The van der Waals surface area contributed by atoms with Crippen molar-refractivity contribution in [3.8, 4) is 17.2 Å². The van der Waals surface area contributed by atoms with Gasteiger partial charge in [-0.2, -0.15) is 0 Å². The summed E-state index contributed by atoms with van der Waals surface area (Å²) in [6.07, 6.45) is 0.596. The van der Waals surface area contributed by atoms with Crippen molar-refractivity contribution in [2.24, 2.45) is 5.92 Å². The summed E-state index contributed by atoms with van der Waals surface area (Å²) >= 11 is 2.83. The molecule has 65 heavy (non-hydrogen) atoms. The lowest BCUT2D eigenvalue weighted by atomic mass is 10.1. The minimum atomic E-state index is -0.729. The van der Waals surface area contributed by atoms with E-state index in [9.17, 15) is 28.4 Å². The standard InChI is InChI=1S/C45H60FN9O8S2/c1-28-26-47-43(59)51-42(28)65-38(41(58)48-29(2)36-14-13-34(61-5)25-37(36)46)15-16-39(56)54(4)32-7-6-8-35(24-32)63-22-21-62-33-11-9-30(10-12-33)49-44(60)52-45-50-31(27-64-45)23-40(57)55-19-17-53(3)18-20-55/h6-14,24-25,28-29,31,38,42,45,50H,15-23,26-27H2,1-5H3,(H,48,58)(H2,47,51,59)(H2,49,52,60)/t28?,29-,31?,38-,42?,45?/m1/s1. The molecular weight excluding hydrogens is 878 g/mol. The molecule has 0 spiro atoms. The first-order valence-electron chi connectivity index (χ1n) is 21.7. The Morgan fingerprint density at radius 2 is 1.71 bits per heavy atom. The molecule has 4 unspecified atom stereocenters. The zero-order chi connectivity index (χ0) is 46.5. The molecule has 352 valence electrons. The van der Waals surface area contributed by atoms with Crippen LogP contribution in [0.3, 0.4) is 0 Å². The number of nitrogens with zero attached hydrogens (tertiary/aromatic N) is 3. The van der Waals surface area contributed by atoms with Crippen molar-refractivity contribution in [2.45, 2.75) is 61.3 Å². The Hall–Kier alpha value is -5.44. The lowest BCUT2D eigenvalue weighted by Crippen LogP contribution is -2.53. The molecule has 0 bridgehead atoms. The Kier molecular flexibility index (Phi) is 17.8. The number of carbonyl (C=O) groups excluding carboxylic acids is 5. The van der Waals surface area contributed by atoms with Crippen LogP contribution in [0.1, 0.15) is 44.7 Å². The minimum Gasteiger partial charge on any atom is -0.497 e. The third kappa shape index (κ3) is 14.5. The summed E-state index contributed by atoms with van der Waals surface area (Å²) in [5, 5.41) is 16.5. The molecule has 20 heteroatoms. The Balaban J connectivity index is 0.925. The highest BCUT2D eigenvalue weighted by Crippen LogP contribution is 2.30. The summed E-state index contributed by atoms with van der Waals surface area (Å²) in [5.74, 6) is 1.23. The van der Waals surface area contributed by atoms with Crippen molar-refractivity contribution in [1.29, 1.82) is 0 Å². The van der Waals surface area contributed by atoms with Crippen LogP contribution >= 0.6 is 23.5 Å². The number of amides is 7. The van der Waals surface area contributed by atoms with Crippen LogP contribution in [0.25, 0.3) is 0 Å². The molecule has 3 saturated heterocycles. The molecule has 6 atom stereocenters. The van der Waals surface area contributed by atoms with Crippen LogP contribution in [0.5, 0.6) is 17.2 Å². The summed E-state index contributed by atoms with van der Waals surface area (Å²) in [5.41, 5.74) is 1.17. The Labute approximate surface area is 388 Å². The molecule has 3 aliphatic heterocycles. The van der Waals surface area contributed by atoms with Gasteiger partial charge in [-0.25, -0.2) is 14.0 Å². The maximum atomic E-state index is 14.9. The lowest BCUT2D eigenvalue weighted by molar-refractivity contribution is -0.133. The van der Waals surface area contributed by atoms with E-state index in [1.807, 2.05) is 11.8 Å². The number of piperazine rings is 1. The number of hydrogen-bond donors (Lipinski definition) is 6. The molecule has 3 aliphatic rings. The van der Waals surface area contributed by atoms with Gasteiger partial charge in [0, 0.05) is 99.4 Å². The highest BCUT2D eigenvalue weighted by Gasteiger charge is 2.33. The number of likely N-dealkylation sites (N-methyl/N-ethyl adjacent to an activating group) is 1. The fraction of sp³-hybridized carbons (Fsp3) is 0.489. The van der Waals surface area contributed by atoms with Gasteiger partial charge in [-0.1, -0.05) is 19.1 Å². The first kappa shape index (κ1) is 49.0. The number of benzene rings is 3. The highest BCUT2D eigenvalue weighted by atomic mass is 32.2. The van der Waals surface area contributed by atoms with Crippen LogP contribution in [0.2, 0.25) is 0 Å². The molecule has 0 radical (unpaired) electrons. The van der Waals surface area contributed by atoms with Crippen molar-refractivity contribution in [3.05, 3.63) is 78.1 Å². The maximum Gasteiger partial charge on any atom is 0.321 e. The molecule has 3 heterocycles. The van der Waals surface area contributed by atoms with Crippen LogP contribution in [0, 0.1) is 11.7 Å². The summed E-state index contributed by atoms with van der Waals surface area (Å²) in [7, 11) is 5.16. The highest BCUT2D eigenvalue weighted by molar-refractivity contribution is 8.01. The number of nitrogens with one attached hydrogen (secondary N) is 6. The normalized spacial score (nSPS) is 20.6. The van der Waals surface area contributed by atoms with E-state index in [-0.39, 0.29) is 78.7 Å². The second-order valence-electron chi connectivity index (χ2n) is 16.3. The molecule has 0 saturated carbocycles. The second kappa shape index (κ2) is 23.7. The minimum absolute atomic E-state index is 0.00488. The predicted molar refractivity (Wildman–Crippen MR) is 251 cm³/mol. The molecule has 3 aromatic carbocycles. The number of ether oxygens (including phenoxy) is 3. The van der Waals surface area contributed by atoms with Crippen LogP contribution in [-0.4, -0.2) is 135 Å². The van der Waals surface area contributed by atoms with Crippen LogP contribution in [-0.2, 0) is 14.4 Å². The average molecular weight is 938 g/mol. The van der Waals surface area contributed by atoms with Crippen molar-refractivity contribution < 1.29 is 42.6 Å². The van der Waals surface area contributed by atoms with Gasteiger partial charge in [0.1, 0.15) is 41.8 Å². The van der Waals surface area contributed by atoms with E-state index in [4.69, 9.17) is 14.2 Å². The van der Waals surface area contributed by atoms with Crippen LogP contribution in [0.15, 0.2) is 66.7 Å². The molecule has 7 amide bonds. The SMILES string of the molecule is COc1ccc([C@@H](C)NC(=O)[C@@H](CCC(=O)N(C)c2cccc(OCCOc3ccc(NC(=O)NC4NC(CC(=O)N5CCN(C)CC5)CS4)cc3)c2)SC2NC(=O)NCC2C)c(F)c1. The third-order valence-corrected chi connectivity index (χ3v) is 14.2. The molecule has 0 aliphatic carbocycles. The third-order valence-electron chi connectivity index (χ3n) is 11.3. The zero-order valence-corrected chi connectivity index (χ0v) is 39.0. The van der Waals surface area contributed by atoms with E-state index in [1.54, 1.807) is 86.4 Å². The van der Waals surface area contributed by atoms with Gasteiger partial charge in [0.15, 0.2) is 0 Å². The molecule has 6 rings (SSSR count). The molecular formula is C45H60FN9O8S2. The molecule has 3 fully saturated rings. The van der Waals surface area contributed by atoms with E-state index in [0.717, 1.165) is 31.9 Å². The molecule has 3 aromatic rings. The number of halogens is 1. The largest absolute Gasteiger partial charge is 0.497 e. The summed E-state index contributed by atoms with van der Waals surface area (Å²) in [6, 6.07) is 17.1. The van der Waals surface area contributed by atoms with Gasteiger partial charge >= 0.3 is 12.1 Å². The Morgan fingerprint density at radius 1 is 0.985 bits per heavy atom. The van der Waals surface area contributed by atoms with Gasteiger partial charge in [-0.3, -0.25) is 19.7 Å². The number of urea groups is 2. The molecule has 0 aromatic heterocycles. The van der Waals surface area contributed by atoms with Crippen molar-refractivity contribution in [3.63, 3.8) is 0 Å². The van der Waals surface area contributed by atoms with Gasteiger partial charge in [-0.05, 0) is 62.9 Å². The number of thioether (sulfide) groups is 2. The first-order valence-corrected chi connectivity index (χ1v) is 23.7. The number of rotatable bonds is 19. The van der Waals surface area contributed by atoms with Gasteiger partial charge < -0.3 is 55.5 Å². The summed E-state index contributed by atoms with van der Waals surface area (Å²) < 4.78 is 31.8. The number of anilines is 2. The number of hydrogen-bond acceptors (Lipinski definition) is 12. The van der Waals surface area contributed by atoms with Gasteiger partial charge in [0.2, 0.25) is 17.7 Å². The zero-order valence-electron chi connectivity index (χ0n) is 37.4. The van der Waals surface area contributed by atoms with Gasteiger partial charge in [0.25, 0.3) is 0 Å². The molecule has 6 N–H and O–H groups in total. The van der Waals surface area contributed by atoms with Crippen molar-refractivity contribution >= 4 is 64.7 Å². The second-order valence-corrected chi connectivity index (χ2v) is 18.8. The maximum absolute atomic E-state index is 14.9. The summed E-state index contributed by atoms with van der Waals surface area (Å²) in [4.78, 5) is 70.5. The molecule has 17 nitrogen and oxygen atoms in total. The van der Waals surface area contributed by atoms with E-state index in [1.165, 1.54) is 29.8 Å². The average Bonchev–Trinajstić information content (AvgIpc) is 3.73. The lowest BCUT2D eigenvalue weighted by Gasteiger charge is -2.33. The smallest absolute Gasteiger partial charge is 0.321 e. The number of methoxy groups -OCH3 is 1. The Bertz CT molecular complexity index is 2120. The number of carbonyl (C=O) groups is 5. The quantitative estimate of drug-likeness (QED) is 0.0920. The Morgan fingerprint density at radius 3 is 2.43 bits per heavy atom. The van der Waals surface area contributed by atoms with Crippen molar-refractivity contribution in [1.82, 2.24) is 36.4 Å². The monoisotopic (exact) mass is 937 g/mol. The fourth-order valence-corrected chi connectivity index (χ4v) is 9.82.